The van der Waals surface area contributed by atoms with E-state index in [1.165, 1.54) is 6.07 Å². The molecule has 0 heterocycles. The Bertz CT molecular complexity index is 501. The number of rotatable bonds is 0. The van der Waals surface area contributed by atoms with Crippen LogP contribution in [0.4, 0.5) is 0 Å². The number of hydrogen-bond donors (Lipinski definition) is 2. The van der Waals surface area contributed by atoms with Crippen LogP contribution in [0, 0.1) is 13.8 Å². The van der Waals surface area contributed by atoms with Gasteiger partial charge in [-0.25, -0.2) is 0 Å². The normalized spacial score (nSPS) is 10.7. The average Bonchev–Trinajstić information content (AvgIpc) is 2.14. The topological polar surface area (TPSA) is 40.5 Å². The third kappa shape index (κ3) is 1.20. The summed E-state index contributed by atoms with van der Waals surface area (Å²) in [5.41, 5.74) is 1.90. The van der Waals surface area contributed by atoms with E-state index in [1.54, 1.807) is 0 Å². The number of phenols is 2. The van der Waals surface area contributed by atoms with Crippen molar-refractivity contribution in [3.8, 4) is 11.5 Å². The van der Waals surface area contributed by atoms with E-state index in [4.69, 9.17) is 0 Å². The molecule has 0 atom stereocenters. The smallest absolute Gasteiger partial charge is 0.127 e. The van der Waals surface area contributed by atoms with Crippen molar-refractivity contribution in [1.82, 2.24) is 0 Å². The van der Waals surface area contributed by atoms with E-state index in [2.05, 4.69) is 0 Å². The van der Waals surface area contributed by atoms with E-state index >= 15 is 0 Å². The monoisotopic (exact) mass is 188 g/mol. The van der Waals surface area contributed by atoms with Gasteiger partial charge in [0.2, 0.25) is 0 Å². The molecule has 0 aliphatic rings. The molecule has 2 aromatic rings. The van der Waals surface area contributed by atoms with Crippen molar-refractivity contribution < 1.29 is 10.2 Å². The standard InChI is InChI=1S/C12H12O2/c1-7-3-4-9-8(2)11(13)6-12(14)10(9)5-7/h3-6,13-14H,1-2H3. The number of aryl methyl sites for hydroxylation is 2. The van der Waals surface area contributed by atoms with E-state index in [0.29, 0.717) is 0 Å². The zero-order chi connectivity index (χ0) is 10.3. The lowest BCUT2D eigenvalue weighted by molar-refractivity contribution is 0.452. The number of benzene rings is 2. The highest BCUT2D eigenvalue weighted by atomic mass is 16.3. The van der Waals surface area contributed by atoms with Gasteiger partial charge < -0.3 is 10.2 Å². The SMILES string of the molecule is Cc1ccc2c(C)c(O)cc(O)c2c1. The fourth-order valence-electron chi connectivity index (χ4n) is 1.65. The van der Waals surface area contributed by atoms with E-state index in [0.717, 1.165) is 21.9 Å². The fraction of sp³-hybridized carbons (Fsp3) is 0.167. The van der Waals surface area contributed by atoms with Crippen molar-refractivity contribution in [3.63, 3.8) is 0 Å². The van der Waals surface area contributed by atoms with E-state index in [9.17, 15) is 10.2 Å². The maximum absolute atomic E-state index is 9.64. The highest BCUT2D eigenvalue weighted by molar-refractivity contribution is 5.92. The number of fused-ring (bicyclic) bond motifs is 1. The van der Waals surface area contributed by atoms with Gasteiger partial charge in [-0.15, -0.1) is 0 Å². The van der Waals surface area contributed by atoms with Crippen molar-refractivity contribution in [2.75, 3.05) is 0 Å². The van der Waals surface area contributed by atoms with E-state index in [1.807, 2.05) is 32.0 Å². The van der Waals surface area contributed by atoms with Crippen molar-refractivity contribution >= 4 is 10.8 Å². The quantitative estimate of drug-likeness (QED) is 0.667. The van der Waals surface area contributed by atoms with Crippen LogP contribution in [0.3, 0.4) is 0 Å². The minimum absolute atomic E-state index is 0.131. The van der Waals surface area contributed by atoms with Crippen LogP contribution in [-0.2, 0) is 0 Å². The molecule has 2 heteroatoms. The van der Waals surface area contributed by atoms with Crippen LogP contribution < -0.4 is 0 Å². The first-order valence-corrected chi connectivity index (χ1v) is 4.51. The molecule has 14 heavy (non-hydrogen) atoms. The molecule has 0 radical (unpaired) electrons. The van der Waals surface area contributed by atoms with E-state index < -0.39 is 0 Å². The van der Waals surface area contributed by atoms with Crippen LogP contribution in [0.1, 0.15) is 11.1 Å². The van der Waals surface area contributed by atoms with Crippen LogP contribution in [0.2, 0.25) is 0 Å². The van der Waals surface area contributed by atoms with Gasteiger partial charge in [0.1, 0.15) is 11.5 Å². The highest BCUT2D eigenvalue weighted by Crippen LogP contribution is 2.34. The molecule has 0 bridgehead atoms. The lowest BCUT2D eigenvalue weighted by Crippen LogP contribution is -1.82. The minimum Gasteiger partial charge on any atom is -0.508 e. The Balaban J connectivity index is 2.94. The van der Waals surface area contributed by atoms with Crippen molar-refractivity contribution in [1.29, 1.82) is 0 Å². The molecule has 72 valence electrons. The summed E-state index contributed by atoms with van der Waals surface area (Å²) >= 11 is 0. The largest absolute Gasteiger partial charge is 0.508 e. The summed E-state index contributed by atoms with van der Waals surface area (Å²) in [7, 11) is 0. The number of phenolic OH excluding ortho intramolecular Hbond substituents is 2. The molecule has 0 aliphatic carbocycles. The second-order valence-corrected chi connectivity index (χ2v) is 3.59. The first kappa shape index (κ1) is 8.88. The third-order valence-corrected chi connectivity index (χ3v) is 2.51. The molecule has 2 N–H and O–H groups in total. The molecule has 0 saturated carbocycles. The van der Waals surface area contributed by atoms with Gasteiger partial charge in [-0.2, -0.15) is 0 Å². The first-order chi connectivity index (χ1) is 6.59. The summed E-state index contributed by atoms with van der Waals surface area (Å²) in [6, 6.07) is 7.18. The van der Waals surface area contributed by atoms with Gasteiger partial charge in [0.15, 0.2) is 0 Å². The predicted molar refractivity (Wildman–Crippen MR) is 56.8 cm³/mol. The van der Waals surface area contributed by atoms with Crippen molar-refractivity contribution in [2.45, 2.75) is 13.8 Å². The summed E-state index contributed by atoms with van der Waals surface area (Å²) in [4.78, 5) is 0. The Labute approximate surface area is 82.4 Å². The van der Waals surface area contributed by atoms with Gasteiger partial charge in [-0.05, 0) is 30.9 Å². The van der Waals surface area contributed by atoms with Gasteiger partial charge in [-0.3, -0.25) is 0 Å². The molecule has 0 saturated heterocycles. The zero-order valence-electron chi connectivity index (χ0n) is 8.20. The molecular formula is C12H12O2. The second-order valence-electron chi connectivity index (χ2n) is 3.59. The van der Waals surface area contributed by atoms with E-state index in [-0.39, 0.29) is 11.5 Å². The van der Waals surface area contributed by atoms with Gasteiger partial charge in [0.25, 0.3) is 0 Å². The molecule has 2 rings (SSSR count). The molecular weight excluding hydrogens is 176 g/mol. The van der Waals surface area contributed by atoms with Crippen molar-refractivity contribution in [3.05, 3.63) is 35.4 Å². The van der Waals surface area contributed by atoms with Crippen LogP contribution >= 0.6 is 0 Å². The van der Waals surface area contributed by atoms with Crippen LogP contribution in [0.15, 0.2) is 24.3 Å². The van der Waals surface area contributed by atoms with Gasteiger partial charge in [0.05, 0.1) is 0 Å². The van der Waals surface area contributed by atoms with Crippen LogP contribution in [0.5, 0.6) is 11.5 Å². The van der Waals surface area contributed by atoms with Gasteiger partial charge >= 0.3 is 0 Å². The Hall–Kier alpha value is -1.70. The Morgan fingerprint density at radius 3 is 2.29 bits per heavy atom. The Kier molecular flexibility index (Phi) is 1.84. The first-order valence-electron chi connectivity index (χ1n) is 4.51. The molecule has 0 unspecified atom stereocenters. The van der Waals surface area contributed by atoms with Gasteiger partial charge in [-0.1, -0.05) is 17.7 Å². The molecule has 0 aliphatic heterocycles. The van der Waals surface area contributed by atoms with Crippen LogP contribution in [-0.4, -0.2) is 10.2 Å². The number of hydrogen-bond acceptors (Lipinski definition) is 2. The summed E-state index contributed by atoms with van der Waals surface area (Å²) in [5, 5.41) is 20.8. The molecule has 2 nitrogen and oxygen atoms in total. The summed E-state index contributed by atoms with van der Waals surface area (Å²) in [5.74, 6) is 0.269. The Morgan fingerprint density at radius 2 is 1.57 bits per heavy atom. The molecule has 0 amide bonds. The molecule has 0 spiro atoms. The lowest BCUT2D eigenvalue weighted by atomic mass is 10.0. The fourth-order valence-corrected chi connectivity index (χ4v) is 1.65. The predicted octanol–water partition coefficient (Wildman–Crippen LogP) is 2.87. The van der Waals surface area contributed by atoms with Crippen molar-refractivity contribution in [2.24, 2.45) is 0 Å². The highest BCUT2D eigenvalue weighted by Gasteiger charge is 2.07. The maximum atomic E-state index is 9.64. The summed E-state index contributed by atoms with van der Waals surface area (Å²) in [6.45, 7) is 3.81. The average molecular weight is 188 g/mol. The number of aromatic hydroxyl groups is 2. The van der Waals surface area contributed by atoms with Crippen LogP contribution in [0.25, 0.3) is 10.8 Å². The molecule has 2 aromatic carbocycles. The minimum atomic E-state index is 0.131. The summed E-state index contributed by atoms with van der Waals surface area (Å²) < 4.78 is 0. The molecule has 0 aromatic heterocycles. The molecule has 0 fully saturated rings. The maximum Gasteiger partial charge on any atom is 0.127 e. The third-order valence-electron chi connectivity index (χ3n) is 2.51. The zero-order valence-corrected chi connectivity index (χ0v) is 8.20. The van der Waals surface area contributed by atoms with Gasteiger partial charge in [0, 0.05) is 11.5 Å². The lowest BCUT2D eigenvalue weighted by Gasteiger charge is -2.07. The summed E-state index contributed by atoms with van der Waals surface area (Å²) in [6.07, 6.45) is 0. The second kappa shape index (κ2) is 2.91. The Morgan fingerprint density at radius 1 is 0.857 bits per heavy atom.